The van der Waals surface area contributed by atoms with Gasteiger partial charge in [0.25, 0.3) is 0 Å². The van der Waals surface area contributed by atoms with Gasteiger partial charge in [0.1, 0.15) is 5.78 Å². The second-order valence-corrected chi connectivity index (χ2v) is 5.79. The van der Waals surface area contributed by atoms with Gasteiger partial charge in [-0.2, -0.15) is 0 Å². The first kappa shape index (κ1) is 8.02. The van der Waals surface area contributed by atoms with Crippen LogP contribution in [0.4, 0.5) is 0 Å². The van der Waals surface area contributed by atoms with E-state index in [9.17, 15) is 4.79 Å². The molecule has 0 saturated heterocycles. The molecule has 3 fully saturated rings. The minimum Gasteiger partial charge on any atom is -0.299 e. The summed E-state index contributed by atoms with van der Waals surface area (Å²) in [7, 11) is 0. The molecular weight excluding hydrogens is 160 g/mol. The van der Waals surface area contributed by atoms with Gasteiger partial charge in [-0.05, 0) is 36.0 Å². The summed E-state index contributed by atoms with van der Waals surface area (Å²) in [6.45, 7) is 4.80. The van der Waals surface area contributed by atoms with Gasteiger partial charge in [0, 0.05) is 12.3 Å². The lowest BCUT2D eigenvalue weighted by Crippen LogP contribution is -2.36. The van der Waals surface area contributed by atoms with Gasteiger partial charge in [-0.1, -0.05) is 20.3 Å². The summed E-state index contributed by atoms with van der Waals surface area (Å²) in [6.07, 6.45) is 6.08. The van der Waals surface area contributed by atoms with Crippen molar-refractivity contribution >= 4 is 5.78 Å². The molecule has 0 aromatic rings. The fourth-order valence-electron chi connectivity index (χ4n) is 4.38. The SMILES string of the molecule is CC12CCCC3C(C(=O)CC1)C32C. The molecule has 3 rings (SSSR count). The largest absolute Gasteiger partial charge is 0.299 e. The Kier molecular flexibility index (Phi) is 1.24. The smallest absolute Gasteiger partial charge is 0.136 e. The third-order valence-corrected chi connectivity index (χ3v) is 5.52. The van der Waals surface area contributed by atoms with Gasteiger partial charge < -0.3 is 0 Å². The number of carbonyl (C=O) groups is 1. The van der Waals surface area contributed by atoms with Crippen molar-refractivity contribution in [2.75, 3.05) is 0 Å². The van der Waals surface area contributed by atoms with E-state index in [1.165, 1.54) is 19.3 Å². The fourth-order valence-corrected chi connectivity index (χ4v) is 4.38. The first-order valence-corrected chi connectivity index (χ1v) is 5.62. The number of hydrogen-bond donors (Lipinski definition) is 0. The van der Waals surface area contributed by atoms with Crippen LogP contribution in [0.5, 0.6) is 0 Å². The number of Topliss-reactive ketones (excluding diaryl/α,β-unsaturated/α-hetero) is 1. The molecule has 3 aliphatic carbocycles. The van der Waals surface area contributed by atoms with Crippen LogP contribution in [0.3, 0.4) is 0 Å². The molecule has 0 aromatic carbocycles. The van der Waals surface area contributed by atoms with Crippen molar-refractivity contribution in [3.05, 3.63) is 0 Å². The lowest BCUT2D eigenvalue weighted by Gasteiger charge is -2.42. The number of fused-ring (bicyclic) bond motifs is 1. The van der Waals surface area contributed by atoms with Crippen LogP contribution in [-0.2, 0) is 4.79 Å². The van der Waals surface area contributed by atoms with Crippen LogP contribution < -0.4 is 0 Å². The van der Waals surface area contributed by atoms with Crippen LogP contribution in [0, 0.1) is 22.7 Å². The molecule has 0 radical (unpaired) electrons. The number of carbonyl (C=O) groups excluding carboxylic acids is 1. The molecule has 3 saturated carbocycles. The highest BCUT2D eigenvalue weighted by molar-refractivity contribution is 5.87. The van der Waals surface area contributed by atoms with Gasteiger partial charge in [-0.3, -0.25) is 4.79 Å². The predicted octanol–water partition coefficient (Wildman–Crippen LogP) is 2.79. The molecule has 72 valence electrons. The third-order valence-electron chi connectivity index (χ3n) is 5.52. The van der Waals surface area contributed by atoms with Crippen molar-refractivity contribution < 1.29 is 4.79 Å². The van der Waals surface area contributed by atoms with E-state index in [0.717, 1.165) is 18.8 Å². The zero-order valence-electron chi connectivity index (χ0n) is 8.60. The third kappa shape index (κ3) is 0.693. The van der Waals surface area contributed by atoms with Gasteiger partial charge >= 0.3 is 0 Å². The van der Waals surface area contributed by atoms with Crippen molar-refractivity contribution in [1.82, 2.24) is 0 Å². The fraction of sp³-hybridized carbons (Fsp3) is 0.917. The predicted molar refractivity (Wildman–Crippen MR) is 51.3 cm³/mol. The maximum Gasteiger partial charge on any atom is 0.136 e. The van der Waals surface area contributed by atoms with Crippen molar-refractivity contribution in [3.63, 3.8) is 0 Å². The molecule has 1 nitrogen and oxygen atoms in total. The van der Waals surface area contributed by atoms with E-state index in [-0.39, 0.29) is 0 Å². The van der Waals surface area contributed by atoms with Crippen LogP contribution in [0.1, 0.15) is 46.0 Å². The van der Waals surface area contributed by atoms with Gasteiger partial charge in [-0.25, -0.2) is 0 Å². The second kappa shape index (κ2) is 2.02. The summed E-state index contributed by atoms with van der Waals surface area (Å²) in [6, 6.07) is 0. The first-order chi connectivity index (χ1) is 6.09. The molecule has 0 spiro atoms. The normalized spacial score (nSPS) is 58.8. The Balaban J connectivity index is 2.04. The summed E-state index contributed by atoms with van der Waals surface area (Å²) in [5.41, 5.74) is 0.926. The molecule has 0 bridgehead atoms. The Morgan fingerprint density at radius 3 is 2.85 bits per heavy atom. The highest BCUT2D eigenvalue weighted by atomic mass is 16.1. The average molecular weight is 178 g/mol. The van der Waals surface area contributed by atoms with E-state index < -0.39 is 0 Å². The van der Waals surface area contributed by atoms with E-state index in [0.29, 0.717) is 22.5 Å². The van der Waals surface area contributed by atoms with Gasteiger partial charge in [0.2, 0.25) is 0 Å². The van der Waals surface area contributed by atoms with Crippen LogP contribution in [0.25, 0.3) is 0 Å². The van der Waals surface area contributed by atoms with E-state index in [2.05, 4.69) is 13.8 Å². The minimum absolute atomic E-state index is 0.417. The Bertz CT molecular complexity index is 283. The summed E-state index contributed by atoms with van der Waals surface area (Å²) in [5.74, 6) is 1.81. The molecule has 0 N–H and O–H groups in total. The summed E-state index contributed by atoms with van der Waals surface area (Å²) < 4.78 is 0. The zero-order valence-corrected chi connectivity index (χ0v) is 8.60. The standard InChI is InChI=1S/C12H18O/c1-11-6-3-4-8-10(12(8,11)2)9(13)5-7-11/h8,10H,3-7H2,1-2H3. The molecule has 4 atom stereocenters. The lowest BCUT2D eigenvalue weighted by molar-refractivity contribution is -0.125. The van der Waals surface area contributed by atoms with E-state index in [1.54, 1.807) is 0 Å². The molecule has 1 heteroatoms. The molecule has 3 aliphatic rings. The molecule has 0 heterocycles. The van der Waals surface area contributed by atoms with Gasteiger partial charge in [0.05, 0.1) is 0 Å². The van der Waals surface area contributed by atoms with Crippen molar-refractivity contribution in [2.24, 2.45) is 22.7 Å². The topological polar surface area (TPSA) is 17.1 Å². The van der Waals surface area contributed by atoms with E-state index in [1.807, 2.05) is 0 Å². The van der Waals surface area contributed by atoms with Crippen molar-refractivity contribution in [3.8, 4) is 0 Å². The number of hydrogen-bond acceptors (Lipinski definition) is 1. The summed E-state index contributed by atoms with van der Waals surface area (Å²) >= 11 is 0. The first-order valence-electron chi connectivity index (χ1n) is 5.62. The lowest BCUT2D eigenvalue weighted by atomic mass is 9.62. The van der Waals surface area contributed by atoms with Crippen molar-refractivity contribution in [1.29, 1.82) is 0 Å². The maximum atomic E-state index is 11.7. The van der Waals surface area contributed by atoms with Crippen LogP contribution in [0.15, 0.2) is 0 Å². The minimum atomic E-state index is 0.417. The molecule has 0 amide bonds. The zero-order chi connectivity index (χ0) is 9.27. The molecule has 4 unspecified atom stereocenters. The van der Waals surface area contributed by atoms with Crippen LogP contribution in [0.2, 0.25) is 0 Å². The highest BCUT2D eigenvalue weighted by Crippen LogP contribution is 2.76. The number of ketones is 1. The average Bonchev–Trinajstić information content (AvgIpc) is 2.68. The monoisotopic (exact) mass is 178 g/mol. The van der Waals surface area contributed by atoms with Gasteiger partial charge in [0.15, 0.2) is 0 Å². The van der Waals surface area contributed by atoms with Crippen LogP contribution in [-0.4, -0.2) is 5.78 Å². The summed E-state index contributed by atoms with van der Waals surface area (Å²) in [5, 5.41) is 0. The molecular formula is C12H18O. The van der Waals surface area contributed by atoms with Crippen LogP contribution >= 0.6 is 0 Å². The maximum absolute atomic E-state index is 11.7. The Labute approximate surface area is 79.9 Å². The Morgan fingerprint density at radius 1 is 1.31 bits per heavy atom. The Hall–Kier alpha value is -0.330. The van der Waals surface area contributed by atoms with Crippen molar-refractivity contribution in [2.45, 2.75) is 46.0 Å². The highest BCUT2D eigenvalue weighted by Gasteiger charge is 2.73. The summed E-state index contributed by atoms with van der Waals surface area (Å²) in [4.78, 5) is 11.7. The van der Waals surface area contributed by atoms with E-state index >= 15 is 0 Å². The Morgan fingerprint density at radius 2 is 2.08 bits per heavy atom. The number of rotatable bonds is 0. The molecule has 0 aliphatic heterocycles. The van der Waals surface area contributed by atoms with E-state index in [4.69, 9.17) is 0 Å². The molecule has 0 aromatic heterocycles. The van der Waals surface area contributed by atoms with Gasteiger partial charge in [-0.15, -0.1) is 0 Å². The quantitative estimate of drug-likeness (QED) is 0.557. The second-order valence-electron chi connectivity index (χ2n) is 5.79. The molecule has 13 heavy (non-hydrogen) atoms.